The molecule has 0 spiro atoms. The molecule has 1 unspecified atom stereocenters. The Kier molecular flexibility index (Phi) is 3.42. The van der Waals surface area contributed by atoms with Crippen molar-refractivity contribution in [3.8, 4) is 6.07 Å². The van der Waals surface area contributed by atoms with Gasteiger partial charge in [0.25, 0.3) is 0 Å². The molecule has 1 N–H and O–H groups in total. The zero-order valence-corrected chi connectivity index (χ0v) is 8.15. The number of hydrogen-bond donors (Lipinski definition) is 1. The van der Waals surface area contributed by atoms with Crippen LogP contribution in [0.4, 0.5) is 0 Å². The second kappa shape index (κ2) is 4.58. The fraction of sp³-hybridized carbons (Fsp3) is 0.250. The van der Waals surface area contributed by atoms with Gasteiger partial charge < -0.3 is 5.11 Å². The Balaban J connectivity index is 3.06. The van der Waals surface area contributed by atoms with Gasteiger partial charge in [-0.3, -0.25) is 4.79 Å². The third kappa shape index (κ3) is 2.20. The van der Waals surface area contributed by atoms with Crippen molar-refractivity contribution in [3.05, 3.63) is 18.0 Å². The van der Waals surface area contributed by atoms with E-state index < -0.39 is 11.9 Å². The molecule has 1 aromatic rings. The number of carbonyl (C=O) groups is 1. The van der Waals surface area contributed by atoms with E-state index in [0.717, 1.165) is 0 Å². The molecule has 0 saturated carbocycles. The number of rotatable bonds is 3. The quantitative estimate of drug-likeness (QED) is 0.587. The van der Waals surface area contributed by atoms with Gasteiger partial charge in [-0.1, -0.05) is 11.8 Å². The van der Waals surface area contributed by atoms with Crippen molar-refractivity contribution in [2.75, 3.05) is 6.26 Å². The SMILES string of the molecule is CSc1nccc(C(C#N)C(=O)O)n1. The number of thioether (sulfide) groups is 1. The lowest BCUT2D eigenvalue weighted by molar-refractivity contribution is -0.137. The summed E-state index contributed by atoms with van der Waals surface area (Å²) in [5, 5.41) is 17.8. The van der Waals surface area contributed by atoms with Crippen LogP contribution in [0, 0.1) is 11.3 Å². The predicted molar refractivity (Wildman–Crippen MR) is 49.8 cm³/mol. The Morgan fingerprint density at radius 3 is 3.00 bits per heavy atom. The molecule has 0 aliphatic carbocycles. The molecule has 0 aliphatic heterocycles. The molecule has 1 rings (SSSR count). The van der Waals surface area contributed by atoms with Gasteiger partial charge in [0.1, 0.15) is 0 Å². The van der Waals surface area contributed by atoms with Crippen LogP contribution in [0.1, 0.15) is 11.6 Å². The molecule has 0 amide bonds. The molecule has 1 aromatic heterocycles. The van der Waals surface area contributed by atoms with Crippen molar-refractivity contribution in [1.82, 2.24) is 9.97 Å². The fourth-order valence-electron chi connectivity index (χ4n) is 0.861. The number of nitriles is 1. The molecular formula is C8H7N3O2S. The van der Waals surface area contributed by atoms with E-state index in [9.17, 15) is 4.79 Å². The number of aromatic nitrogens is 2. The van der Waals surface area contributed by atoms with E-state index in [-0.39, 0.29) is 5.69 Å². The zero-order valence-electron chi connectivity index (χ0n) is 7.34. The average molecular weight is 209 g/mol. The van der Waals surface area contributed by atoms with Crippen LogP contribution in [-0.2, 0) is 4.79 Å². The average Bonchev–Trinajstić information content (AvgIpc) is 2.19. The minimum atomic E-state index is -1.22. The number of hydrogen-bond acceptors (Lipinski definition) is 5. The first-order valence-corrected chi connectivity index (χ1v) is 4.91. The van der Waals surface area contributed by atoms with Gasteiger partial charge in [0.15, 0.2) is 11.1 Å². The van der Waals surface area contributed by atoms with Crippen molar-refractivity contribution in [3.63, 3.8) is 0 Å². The van der Waals surface area contributed by atoms with E-state index in [1.165, 1.54) is 24.0 Å². The van der Waals surface area contributed by atoms with Gasteiger partial charge >= 0.3 is 5.97 Å². The van der Waals surface area contributed by atoms with Gasteiger partial charge in [-0.2, -0.15) is 5.26 Å². The largest absolute Gasteiger partial charge is 0.480 e. The standard InChI is InChI=1S/C8H7N3O2S/c1-14-8-10-3-2-6(11-8)5(4-9)7(12)13/h2-3,5H,1H3,(H,12,13). The lowest BCUT2D eigenvalue weighted by atomic mass is 10.1. The second-order valence-corrected chi connectivity index (χ2v) is 3.14. The Bertz CT molecular complexity index is 388. The van der Waals surface area contributed by atoms with Crippen LogP contribution in [0.2, 0.25) is 0 Å². The first kappa shape index (κ1) is 10.5. The van der Waals surface area contributed by atoms with Crippen LogP contribution in [0.15, 0.2) is 17.4 Å². The molecule has 0 aromatic carbocycles. The van der Waals surface area contributed by atoms with Gasteiger partial charge in [-0.05, 0) is 12.3 Å². The summed E-state index contributed by atoms with van der Waals surface area (Å²) in [6, 6.07) is 3.10. The van der Waals surface area contributed by atoms with Crippen LogP contribution in [0.5, 0.6) is 0 Å². The third-order valence-electron chi connectivity index (χ3n) is 1.51. The monoisotopic (exact) mass is 209 g/mol. The molecule has 5 nitrogen and oxygen atoms in total. The fourth-order valence-corrected chi connectivity index (χ4v) is 1.22. The van der Waals surface area contributed by atoms with Gasteiger partial charge in [-0.15, -0.1) is 0 Å². The maximum atomic E-state index is 10.6. The highest BCUT2D eigenvalue weighted by Crippen LogP contribution is 2.15. The molecule has 0 fully saturated rings. The molecule has 0 aliphatic rings. The Morgan fingerprint density at radius 2 is 2.50 bits per heavy atom. The molecule has 6 heteroatoms. The summed E-state index contributed by atoms with van der Waals surface area (Å²) in [4.78, 5) is 18.5. The van der Waals surface area contributed by atoms with Crippen LogP contribution in [0.25, 0.3) is 0 Å². The maximum Gasteiger partial charge on any atom is 0.327 e. The zero-order chi connectivity index (χ0) is 10.6. The van der Waals surface area contributed by atoms with E-state index >= 15 is 0 Å². The summed E-state index contributed by atoms with van der Waals surface area (Å²) in [5.74, 6) is -2.41. The van der Waals surface area contributed by atoms with E-state index in [4.69, 9.17) is 10.4 Å². The molecule has 1 atom stereocenters. The van der Waals surface area contributed by atoms with Gasteiger partial charge in [0.2, 0.25) is 0 Å². The molecule has 0 saturated heterocycles. The van der Waals surface area contributed by atoms with Crippen LogP contribution >= 0.6 is 11.8 Å². The summed E-state index contributed by atoms with van der Waals surface area (Å²) >= 11 is 1.30. The van der Waals surface area contributed by atoms with Crippen molar-refractivity contribution in [2.24, 2.45) is 0 Å². The van der Waals surface area contributed by atoms with Gasteiger partial charge in [0, 0.05) is 6.20 Å². The summed E-state index contributed by atoms with van der Waals surface area (Å²) in [6.07, 6.45) is 3.22. The van der Waals surface area contributed by atoms with Crippen LogP contribution < -0.4 is 0 Å². The summed E-state index contributed by atoms with van der Waals surface area (Å²) in [6.45, 7) is 0. The summed E-state index contributed by atoms with van der Waals surface area (Å²) < 4.78 is 0. The third-order valence-corrected chi connectivity index (χ3v) is 2.07. The van der Waals surface area contributed by atoms with E-state index in [0.29, 0.717) is 5.16 Å². The van der Waals surface area contributed by atoms with E-state index in [1.807, 2.05) is 0 Å². The van der Waals surface area contributed by atoms with Crippen LogP contribution in [-0.4, -0.2) is 27.3 Å². The highest BCUT2D eigenvalue weighted by Gasteiger charge is 2.20. The number of nitrogens with zero attached hydrogens (tertiary/aromatic N) is 3. The summed E-state index contributed by atoms with van der Waals surface area (Å²) in [5.41, 5.74) is 0.222. The Morgan fingerprint density at radius 1 is 1.79 bits per heavy atom. The minimum Gasteiger partial charge on any atom is -0.480 e. The van der Waals surface area contributed by atoms with Gasteiger partial charge in [0.05, 0.1) is 11.8 Å². The first-order chi connectivity index (χ1) is 6.69. The summed E-state index contributed by atoms with van der Waals surface area (Å²) in [7, 11) is 0. The molecule has 1 heterocycles. The minimum absolute atomic E-state index is 0.222. The number of carboxylic acid groups (broad SMARTS) is 1. The predicted octanol–water partition coefficient (Wildman–Crippen LogP) is 0.890. The van der Waals surface area contributed by atoms with E-state index in [1.54, 1.807) is 12.3 Å². The van der Waals surface area contributed by atoms with Crippen molar-refractivity contribution < 1.29 is 9.90 Å². The lowest BCUT2D eigenvalue weighted by Crippen LogP contribution is -2.11. The van der Waals surface area contributed by atoms with Crippen LogP contribution in [0.3, 0.4) is 0 Å². The van der Waals surface area contributed by atoms with Crippen molar-refractivity contribution in [2.45, 2.75) is 11.1 Å². The molecular weight excluding hydrogens is 202 g/mol. The lowest BCUT2D eigenvalue weighted by Gasteiger charge is -2.03. The van der Waals surface area contributed by atoms with Gasteiger partial charge in [-0.25, -0.2) is 9.97 Å². The number of carboxylic acids is 1. The Labute approximate surface area is 84.8 Å². The normalized spacial score (nSPS) is 11.7. The second-order valence-electron chi connectivity index (χ2n) is 2.37. The molecule has 72 valence electrons. The molecule has 0 radical (unpaired) electrons. The van der Waals surface area contributed by atoms with E-state index in [2.05, 4.69) is 9.97 Å². The van der Waals surface area contributed by atoms with Crippen molar-refractivity contribution >= 4 is 17.7 Å². The molecule has 0 bridgehead atoms. The molecule has 14 heavy (non-hydrogen) atoms. The number of aliphatic carboxylic acids is 1. The highest BCUT2D eigenvalue weighted by molar-refractivity contribution is 7.98. The van der Waals surface area contributed by atoms with Crippen molar-refractivity contribution in [1.29, 1.82) is 5.26 Å². The topological polar surface area (TPSA) is 86.9 Å². The first-order valence-electron chi connectivity index (χ1n) is 3.68. The Hall–Kier alpha value is -1.61. The maximum absolute atomic E-state index is 10.6. The smallest absolute Gasteiger partial charge is 0.327 e. The highest BCUT2D eigenvalue weighted by atomic mass is 32.2.